The Morgan fingerprint density at radius 2 is 1.55 bits per heavy atom. The molecule has 0 aromatic heterocycles. The third kappa shape index (κ3) is 5.30. The third-order valence-corrected chi connectivity index (χ3v) is 6.48. The van der Waals surface area contributed by atoms with Gasteiger partial charge in [0, 0.05) is 34.7 Å². The maximum absolute atomic E-state index is 13.1. The van der Waals surface area contributed by atoms with Gasteiger partial charge in [-0.2, -0.15) is 0 Å². The van der Waals surface area contributed by atoms with Crippen LogP contribution in [-0.2, 0) is 11.2 Å². The van der Waals surface area contributed by atoms with Gasteiger partial charge in [0.25, 0.3) is 0 Å². The zero-order valence-electron chi connectivity index (χ0n) is 16.6. The van der Waals surface area contributed by atoms with Gasteiger partial charge in [0.05, 0.1) is 23.2 Å². The van der Waals surface area contributed by atoms with Crippen LogP contribution in [0.5, 0.6) is 0 Å². The fourth-order valence-electron chi connectivity index (χ4n) is 3.92. The number of piperazine rings is 1. The molecule has 1 heterocycles. The molecule has 0 N–H and O–H groups in total. The molecule has 0 spiro atoms. The molecule has 1 amide bonds. The summed E-state index contributed by atoms with van der Waals surface area (Å²) in [5.41, 5.74) is 2.87. The Morgan fingerprint density at radius 3 is 2.26 bits per heavy atom. The lowest BCUT2D eigenvalue weighted by atomic mass is 10.0. The van der Waals surface area contributed by atoms with E-state index in [0.29, 0.717) is 46.1 Å². The molecule has 0 radical (unpaired) electrons. The van der Waals surface area contributed by atoms with Crippen molar-refractivity contribution in [3.63, 3.8) is 0 Å². The van der Waals surface area contributed by atoms with Crippen LogP contribution in [0.2, 0.25) is 20.1 Å². The second-order valence-corrected chi connectivity index (χ2v) is 9.22. The summed E-state index contributed by atoms with van der Waals surface area (Å²) in [6.07, 6.45) is 0.315. The minimum absolute atomic E-state index is 0.0620. The Balaban J connectivity index is 1.60. The molecule has 1 unspecified atom stereocenters. The third-order valence-electron chi connectivity index (χ3n) is 5.45. The van der Waals surface area contributed by atoms with E-state index >= 15 is 0 Å². The average molecular weight is 494 g/mol. The van der Waals surface area contributed by atoms with Gasteiger partial charge in [-0.1, -0.05) is 70.7 Å². The maximum Gasteiger partial charge on any atom is 0.227 e. The van der Waals surface area contributed by atoms with E-state index < -0.39 is 0 Å². The zero-order valence-corrected chi connectivity index (χ0v) is 19.6. The highest BCUT2D eigenvalue weighted by atomic mass is 35.5. The van der Waals surface area contributed by atoms with E-state index in [4.69, 9.17) is 46.4 Å². The van der Waals surface area contributed by atoms with Crippen LogP contribution in [-0.4, -0.2) is 30.4 Å². The normalized spacial score (nSPS) is 16.5. The van der Waals surface area contributed by atoms with E-state index in [0.717, 1.165) is 16.8 Å². The summed E-state index contributed by atoms with van der Waals surface area (Å²) in [6, 6.07) is 20.6. The number of benzene rings is 3. The van der Waals surface area contributed by atoms with E-state index in [1.807, 2.05) is 59.5 Å². The first-order chi connectivity index (χ1) is 14.9. The van der Waals surface area contributed by atoms with Gasteiger partial charge in [0.2, 0.25) is 5.91 Å². The monoisotopic (exact) mass is 492 g/mol. The van der Waals surface area contributed by atoms with Gasteiger partial charge < -0.3 is 9.80 Å². The lowest BCUT2D eigenvalue weighted by molar-refractivity contribution is -0.131. The first-order valence-electron chi connectivity index (χ1n) is 9.90. The molecule has 4 rings (SSSR count). The number of hydrogen-bond acceptors (Lipinski definition) is 2. The average Bonchev–Trinajstić information content (AvgIpc) is 2.74. The zero-order chi connectivity index (χ0) is 22.0. The molecule has 0 bridgehead atoms. The van der Waals surface area contributed by atoms with Crippen molar-refractivity contribution < 1.29 is 4.79 Å². The second-order valence-electron chi connectivity index (χ2n) is 7.50. The maximum atomic E-state index is 13.1. The van der Waals surface area contributed by atoms with Crippen molar-refractivity contribution in [2.24, 2.45) is 0 Å². The number of rotatable bonds is 4. The number of nitrogens with zero attached hydrogens (tertiary/aromatic N) is 2. The molecule has 1 saturated heterocycles. The first-order valence-corrected chi connectivity index (χ1v) is 11.4. The van der Waals surface area contributed by atoms with Crippen molar-refractivity contribution in [1.82, 2.24) is 4.90 Å². The van der Waals surface area contributed by atoms with Crippen LogP contribution in [0.1, 0.15) is 17.2 Å². The fraction of sp³-hybridized carbons (Fsp3) is 0.208. The van der Waals surface area contributed by atoms with Crippen LogP contribution in [0, 0.1) is 0 Å². The fourth-order valence-corrected chi connectivity index (χ4v) is 4.77. The van der Waals surface area contributed by atoms with Crippen LogP contribution in [0.25, 0.3) is 0 Å². The highest BCUT2D eigenvalue weighted by molar-refractivity contribution is 6.36. The summed E-state index contributed by atoms with van der Waals surface area (Å²) in [5, 5.41) is 2.48. The quantitative estimate of drug-likeness (QED) is 0.393. The topological polar surface area (TPSA) is 23.6 Å². The van der Waals surface area contributed by atoms with Crippen LogP contribution < -0.4 is 4.90 Å². The van der Waals surface area contributed by atoms with Crippen LogP contribution in [0.4, 0.5) is 5.69 Å². The number of hydrogen-bond donors (Lipinski definition) is 0. The molecule has 1 aliphatic heterocycles. The second kappa shape index (κ2) is 9.70. The predicted molar refractivity (Wildman–Crippen MR) is 130 cm³/mol. The van der Waals surface area contributed by atoms with Crippen molar-refractivity contribution in [2.45, 2.75) is 12.5 Å². The van der Waals surface area contributed by atoms with E-state index in [2.05, 4.69) is 4.90 Å². The highest BCUT2D eigenvalue weighted by Gasteiger charge is 2.31. The molecule has 1 aliphatic rings. The molecule has 3 aromatic carbocycles. The van der Waals surface area contributed by atoms with Crippen LogP contribution in [0.3, 0.4) is 0 Å². The van der Waals surface area contributed by atoms with Gasteiger partial charge in [-0.15, -0.1) is 0 Å². The smallest absolute Gasteiger partial charge is 0.227 e. The lowest BCUT2D eigenvalue weighted by Crippen LogP contribution is -2.51. The number of amides is 1. The Bertz CT molecular complexity index is 1090. The molecular weight excluding hydrogens is 474 g/mol. The number of carbonyl (C=O) groups is 1. The van der Waals surface area contributed by atoms with E-state index in [1.165, 1.54) is 0 Å². The Labute approximate surface area is 202 Å². The number of anilines is 1. The highest BCUT2D eigenvalue weighted by Crippen LogP contribution is 2.37. The van der Waals surface area contributed by atoms with Crippen LogP contribution >= 0.6 is 46.4 Å². The molecule has 1 atom stereocenters. The first kappa shape index (κ1) is 22.3. The molecule has 3 aromatic rings. The van der Waals surface area contributed by atoms with Crippen molar-refractivity contribution in [3.05, 3.63) is 97.9 Å². The minimum atomic E-state index is -0.0620. The van der Waals surface area contributed by atoms with Gasteiger partial charge in [0.15, 0.2) is 0 Å². The van der Waals surface area contributed by atoms with Crippen molar-refractivity contribution in [2.75, 3.05) is 24.5 Å². The number of carbonyl (C=O) groups excluding carboxylic acids is 1. The summed E-state index contributed by atoms with van der Waals surface area (Å²) in [5.74, 6) is 0.0723. The molecule has 160 valence electrons. The Hall–Kier alpha value is -1.91. The van der Waals surface area contributed by atoms with Gasteiger partial charge in [0.1, 0.15) is 0 Å². The van der Waals surface area contributed by atoms with Crippen LogP contribution in [0.15, 0.2) is 66.7 Å². The number of halogens is 4. The molecule has 31 heavy (non-hydrogen) atoms. The molecular formula is C24H20Cl4N2O. The lowest BCUT2D eigenvalue weighted by Gasteiger charge is -2.43. The minimum Gasteiger partial charge on any atom is -0.360 e. The summed E-state index contributed by atoms with van der Waals surface area (Å²) in [7, 11) is 0. The van der Waals surface area contributed by atoms with E-state index in [-0.39, 0.29) is 11.9 Å². The summed E-state index contributed by atoms with van der Waals surface area (Å²) >= 11 is 24.8. The molecule has 0 aliphatic carbocycles. The predicted octanol–water partition coefficient (Wildman–Crippen LogP) is 6.93. The molecule has 1 fully saturated rings. The standard InChI is InChI=1S/C24H20Cl4N2O/c25-18-6-4-17(5-7-18)23-15-29(24(31)13-16-2-1-3-19(26)12-16)10-11-30(23)22-9-8-20(27)14-21(22)28/h1-9,12,14,23H,10-11,13,15H2. The SMILES string of the molecule is O=C(Cc1cccc(Cl)c1)N1CCN(c2ccc(Cl)cc2Cl)C(c2ccc(Cl)cc2)C1. The van der Waals surface area contributed by atoms with Gasteiger partial charge in [-0.05, 0) is 53.6 Å². The largest absolute Gasteiger partial charge is 0.360 e. The Morgan fingerprint density at radius 1 is 0.839 bits per heavy atom. The molecule has 7 heteroatoms. The van der Waals surface area contributed by atoms with Gasteiger partial charge in [-0.3, -0.25) is 4.79 Å². The Kier molecular flexibility index (Phi) is 6.98. The molecule has 0 saturated carbocycles. The summed E-state index contributed by atoms with van der Waals surface area (Å²) in [6.45, 7) is 1.79. The molecule has 3 nitrogen and oxygen atoms in total. The van der Waals surface area contributed by atoms with Crippen molar-refractivity contribution in [1.29, 1.82) is 0 Å². The van der Waals surface area contributed by atoms with Crippen molar-refractivity contribution in [3.8, 4) is 0 Å². The van der Waals surface area contributed by atoms with Crippen molar-refractivity contribution >= 4 is 58.0 Å². The summed E-state index contributed by atoms with van der Waals surface area (Å²) < 4.78 is 0. The van der Waals surface area contributed by atoms with E-state index in [1.54, 1.807) is 12.1 Å². The summed E-state index contributed by atoms with van der Waals surface area (Å²) in [4.78, 5) is 17.2. The van der Waals surface area contributed by atoms with Gasteiger partial charge >= 0.3 is 0 Å². The van der Waals surface area contributed by atoms with Gasteiger partial charge in [-0.25, -0.2) is 0 Å². The van der Waals surface area contributed by atoms with E-state index in [9.17, 15) is 4.79 Å².